The van der Waals surface area contributed by atoms with Crippen LogP contribution in [-0.4, -0.2) is 29.0 Å². The normalized spacial score (nSPS) is 17.0. The molecule has 2 N–H and O–H groups in total. The summed E-state index contributed by atoms with van der Waals surface area (Å²) in [6, 6.07) is 13.4. The Kier molecular flexibility index (Phi) is 5.81. The van der Waals surface area contributed by atoms with Crippen molar-refractivity contribution in [3.8, 4) is 0 Å². The molecule has 1 fully saturated rings. The van der Waals surface area contributed by atoms with Gasteiger partial charge in [-0.2, -0.15) is 5.10 Å². The molecule has 2 aromatic rings. The van der Waals surface area contributed by atoms with Gasteiger partial charge in [-0.1, -0.05) is 35.4 Å². The van der Waals surface area contributed by atoms with Crippen molar-refractivity contribution in [2.24, 2.45) is 11.0 Å². The number of carbonyl (C=O) groups is 3. The zero-order valence-corrected chi connectivity index (χ0v) is 16.3. The number of anilines is 1. The van der Waals surface area contributed by atoms with Gasteiger partial charge in [0.25, 0.3) is 11.8 Å². The molecule has 0 saturated carbocycles. The van der Waals surface area contributed by atoms with Crippen LogP contribution in [0.3, 0.4) is 0 Å². The monoisotopic (exact) mass is 414 g/mol. The third-order valence-corrected chi connectivity index (χ3v) is 4.49. The number of carbonyl (C=O) groups excluding carboxylic acids is 3. The van der Waals surface area contributed by atoms with E-state index in [1.807, 2.05) is 19.1 Å². The minimum absolute atomic E-state index is 0.00790. The molecule has 1 heterocycles. The molecule has 1 atom stereocenters. The molecule has 7 nitrogen and oxygen atoms in total. The number of hydrazone groups is 1. The second kappa shape index (κ2) is 8.28. The summed E-state index contributed by atoms with van der Waals surface area (Å²) in [5.41, 5.74) is 4.12. The van der Waals surface area contributed by atoms with E-state index in [0.717, 1.165) is 11.8 Å². The van der Waals surface area contributed by atoms with Crippen molar-refractivity contribution in [1.82, 2.24) is 10.7 Å². The number of benzene rings is 2. The van der Waals surface area contributed by atoms with Crippen LogP contribution >= 0.6 is 23.8 Å². The van der Waals surface area contributed by atoms with Gasteiger partial charge in [-0.3, -0.25) is 19.3 Å². The lowest BCUT2D eigenvalue weighted by Gasteiger charge is -2.30. The third-order valence-electron chi connectivity index (χ3n) is 3.97. The number of amides is 3. The highest BCUT2D eigenvalue weighted by Gasteiger charge is 2.38. The Morgan fingerprint density at radius 3 is 2.64 bits per heavy atom. The molecule has 1 aliphatic heterocycles. The Morgan fingerprint density at radius 2 is 1.96 bits per heavy atom. The van der Waals surface area contributed by atoms with Gasteiger partial charge in [0, 0.05) is 16.8 Å². The van der Waals surface area contributed by atoms with E-state index in [9.17, 15) is 14.4 Å². The van der Waals surface area contributed by atoms with Gasteiger partial charge in [0.15, 0.2) is 11.0 Å². The van der Waals surface area contributed by atoms with Gasteiger partial charge in [-0.25, -0.2) is 5.43 Å². The van der Waals surface area contributed by atoms with Crippen LogP contribution < -0.4 is 15.6 Å². The summed E-state index contributed by atoms with van der Waals surface area (Å²) in [5.74, 6) is -2.92. The Labute approximate surface area is 171 Å². The van der Waals surface area contributed by atoms with Crippen LogP contribution in [0.2, 0.25) is 5.02 Å². The van der Waals surface area contributed by atoms with E-state index in [-0.39, 0.29) is 5.11 Å². The lowest BCUT2D eigenvalue weighted by molar-refractivity contribution is -0.130. The van der Waals surface area contributed by atoms with E-state index in [1.54, 1.807) is 30.3 Å². The fourth-order valence-corrected chi connectivity index (χ4v) is 3.01. The number of nitrogens with zero attached hydrogens (tertiary/aromatic N) is 2. The van der Waals surface area contributed by atoms with Gasteiger partial charge >= 0.3 is 0 Å². The number of hydrogen-bond acceptors (Lipinski definition) is 5. The molecular weight excluding hydrogens is 400 g/mol. The minimum atomic E-state index is -1.23. The van der Waals surface area contributed by atoms with Crippen LogP contribution in [0, 0.1) is 12.8 Å². The maximum Gasteiger partial charge on any atom is 0.271 e. The molecule has 0 bridgehead atoms. The highest BCUT2D eigenvalue weighted by Crippen LogP contribution is 2.20. The largest absolute Gasteiger partial charge is 0.301 e. The molecule has 0 radical (unpaired) electrons. The lowest BCUT2D eigenvalue weighted by Crippen LogP contribution is -2.58. The van der Waals surface area contributed by atoms with E-state index in [2.05, 4.69) is 15.8 Å². The molecule has 9 heteroatoms. The van der Waals surface area contributed by atoms with E-state index in [1.165, 1.54) is 11.0 Å². The fourth-order valence-electron chi connectivity index (χ4n) is 2.52. The topological polar surface area (TPSA) is 90.9 Å². The van der Waals surface area contributed by atoms with E-state index in [0.29, 0.717) is 16.3 Å². The summed E-state index contributed by atoms with van der Waals surface area (Å²) >= 11 is 11.0. The molecular formula is C19H15ClN4O3S. The zero-order valence-electron chi connectivity index (χ0n) is 14.7. The summed E-state index contributed by atoms with van der Waals surface area (Å²) < 4.78 is 0. The molecule has 0 aliphatic carbocycles. The van der Waals surface area contributed by atoms with Crippen LogP contribution in [0.4, 0.5) is 5.69 Å². The first-order valence-corrected chi connectivity index (χ1v) is 9.00. The van der Waals surface area contributed by atoms with Crippen LogP contribution in [0.1, 0.15) is 15.9 Å². The fraction of sp³-hybridized carbons (Fsp3) is 0.105. The smallest absolute Gasteiger partial charge is 0.271 e. The highest BCUT2D eigenvalue weighted by molar-refractivity contribution is 7.80. The Balaban J connectivity index is 1.75. The number of hydrogen-bond donors (Lipinski definition) is 2. The van der Waals surface area contributed by atoms with Gasteiger partial charge in [0.05, 0.1) is 5.69 Å². The number of nitrogens with one attached hydrogen (secondary N) is 2. The van der Waals surface area contributed by atoms with Crippen LogP contribution in [0.15, 0.2) is 53.6 Å². The summed E-state index contributed by atoms with van der Waals surface area (Å²) in [7, 11) is 0. The zero-order chi connectivity index (χ0) is 20.3. The first-order chi connectivity index (χ1) is 13.4. The number of rotatable bonds is 4. The number of thiocarbonyl (C=S) groups is 1. The molecule has 28 heavy (non-hydrogen) atoms. The van der Waals surface area contributed by atoms with Gasteiger partial charge in [-0.15, -0.1) is 0 Å². The van der Waals surface area contributed by atoms with Gasteiger partial charge in [0.2, 0.25) is 5.91 Å². The maximum atomic E-state index is 12.8. The van der Waals surface area contributed by atoms with Crippen molar-refractivity contribution in [2.45, 2.75) is 6.92 Å². The SMILES string of the molecule is Cc1ccc(N2C(=O)[C@H](/C=N/NC(=O)c3cccc(Cl)c3)C(=O)NC2=S)cc1. The van der Waals surface area contributed by atoms with Crippen molar-refractivity contribution < 1.29 is 14.4 Å². The first kappa shape index (κ1) is 19.7. The first-order valence-electron chi connectivity index (χ1n) is 8.21. The molecule has 0 unspecified atom stereocenters. The van der Waals surface area contributed by atoms with E-state index in [4.69, 9.17) is 23.8 Å². The minimum Gasteiger partial charge on any atom is -0.301 e. The molecule has 2 aromatic carbocycles. The van der Waals surface area contributed by atoms with Crippen molar-refractivity contribution >= 4 is 58.6 Å². The predicted octanol–water partition coefficient (Wildman–Crippen LogP) is 2.43. The molecule has 142 valence electrons. The molecule has 1 saturated heterocycles. The Bertz CT molecular complexity index is 991. The Hall–Kier alpha value is -3.10. The molecule has 3 amide bonds. The quantitative estimate of drug-likeness (QED) is 0.348. The molecule has 0 spiro atoms. The third kappa shape index (κ3) is 4.24. The predicted molar refractivity (Wildman–Crippen MR) is 110 cm³/mol. The van der Waals surface area contributed by atoms with Crippen LogP contribution in [0.5, 0.6) is 0 Å². The Morgan fingerprint density at radius 1 is 1.25 bits per heavy atom. The molecule has 3 rings (SSSR count). The molecule has 0 aromatic heterocycles. The van der Waals surface area contributed by atoms with Crippen molar-refractivity contribution in [3.05, 3.63) is 64.7 Å². The average Bonchev–Trinajstić information content (AvgIpc) is 2.65. The summed E-state index contributed by atoms with van der Waals surface area (Å²) in [6.45, 7) is 1.92. The number of halogens is 1. The summed E-state index contributed by atoms with van der Waals surface area (Å²) in [4.78, 5) is 38.2. The molecule has 1 aliphatic rings. The second-order valence-electron chi connectivity index (χ2n) is 6.01. The average molecular weight is 415 g/mol. The maximum absolute atomic E-state index is 12.8. The summed E-state index contributed by atoms with van der Waals surface area (Å²) in [5, 5.41) is 6.62. The lowest BCUT2D eigenvalue weighted by atomic mass is 10.1. The van der Waals surface area contributed by atoms with Gasteiger partial charge in [0.1, 0.15) is 0 Å². The number of aryl methyl sites for hydroxylation is 1. The van der Waals surface area contributed by atoms with Crippen LogP contribution in [0.25, 0.3) is 0 Å². The van der Waals surface area contributed by atoms with Gasteiger partial charge in [-0.05, 0) is 49.5 Å². The van der Waals surface area contributed by atoms with E-state index >= 15 is 0 Å². The van der Waals surface area contributed by atoms with Gasteiger partial charge < -0.3 is 5.32 Å². The van der Waals surface area contributed by atoms with Crippen LogP contribution in [-0.2, 0) is 9.59 Å². The second-order valence-corrected chi connectivity index (χ2v) is 6.83. The van der Waals surface area contributed by atoms with Crippen molar-refractivity contribution in [2.75, 3.05) is 4.90 Å². The van der Waals surface area contributed by atoms with Crippen molar-refractivity contribution in [3.63, 3.8) is 0 Å². The summed E-state index contributed by atoms with van der Waals surface area (Å²) in [6.07, 6.45) is 1.07. The highest BCUT2D eigenvalue weighted by atomic mass is 35.5. The van der Waals surface area contributed by atoms with Crippen molar-refractivity contribution in [1.29, 1.82) is 0 Å². The van der Waals surface area contributed by atoms with E-state index < -0.39 is 23.6 Å². The standard InChI is InChI=1S/C19H15ClN4O3S/c1-11-5-7-14(8-6-11)24-18(27)15(17(26)22-19(24)28)10-21-23-16(25)12-3-2-4-13(20)9-12/h2-10,15H,1H3,(H,23,25)(H,22,26,28)/b21-10+/t15-/m1/s1.